The molecular formula is C12H15F2NS. The van der Waals surface area contributed by atoms with Crippen LogP contribution in [0.4, 0.5) is 8.78 Å². The molecule has 4 heteroatoms. The molecule has 0 bridgehead atoms. The average Bonchev–Trinajstić information content (AvgIpc) is 3.04. The zero-order valence-electron chi connectivity index (χ0n) is 9.17. The lowest BCUT2D eigenvalue weighted by Crippen LogP contribution is -2.24. The molecule has 1 fully saturated rings. The molecule has 16 heavy (non-hydrogen) atoms. The Kier molecular flexibility index (Phi) is 3.82. The SMILES string of the molecule is CC(CNC1CC1)Sc1ccc(F)c(F)c1. The fraction of sp³-hybridized carbons (Fsp3) is 0.500. The summed E-state index contributed by atoms with van der Waals surface area (Å²) in [6, 6.07) is 4.75. The van der Waals surface area contributed by atoms with E-state index in [2.05, 4.69) is 12.2 Å². The van der Waals surface area contributed by atoms with Crippen LogP contribution in [-0.4, -0.2) is 17.8 Å². The summed E-state index contributed by atoms with van der Waals surface area (Å²) in [5.74, 6) is -1.56. The van der Waals surface area contributed by atoms with Crippen LogP contribution >= 0.6 is 11.8 Å². The van der Waals surface area contributed by atoms with Crippen LogP contribution in [0.1, 0.15) is 19.8 Å². The molecule has 0 saturated heterocycles. The Balaban J connectivity index is 1.84. The van der Waals surface area contributed by atoms with Crippen LogP contribution in [0.15, 0.2) is 23.1 Å². The van der Waals surface area contributed by atoms with E-state index in [1.807, 2.05) is 0 Å². The summed E-state index contributed by atoms with van der Waals surface area (Å²) in [4.78, 5) is 0.781. The maximum atomic E-state index is 12.9. The van der Waals surface area contributed by atoms with E-state index in [0.717, 1.165) is 11.4 Å². The second-order valence-electron chi connectivity index (χ2n) is 4.19. The lowest BCUT2D eigenvalue weighted by atomic mass is 10.3. The lowest BCUT2D eigenvalue weighted by molar-refractivity contribution is 0.506. The molecule has 1 aliphatic rings. The van der Waals surface area contributed by atoms with Gasteiger partial charge in [0.05, 0.1) is 0 Å². The lowest BCUT2D eigenvalue weighted by Gasteiger charge is -2.11. The van der Waals surface area contributed by atoms with Gasteiger partial charge in [-0.25, -0.2) is 8.78 Å². The molecule has 1 N–H and O–H groups in total. The highest BCUT2D eigenvalue weighted by Crippen LogP contribution is 2.25. The first-order valence-corrected chi connectivity index (χ1v) is 6.38. The molecule has 1 unspecified atom stereocenters. The predicted molar refractivity (Wildman–Crippen MR) is 62.7 cm³/mol. The van der Waals surface area contributed by atoms with Gasteiger partial charge in [0.2, 0.25) is 0 Å². The van der Waals surface area contributed by atoms with E-state index in [0.29, 0.717) is 11.3 Å². The highest BCUT2D eigenvalue weighted by molar-refractivity contribution is 8.00. The molecule has 1 aromatic carbocycles. The third-order valence-corrected chi connectivity index (χ3v) is 3.59. The molecule has 1 saturated carbocycles. The van der Waals surface area contributed by atoms with Crippen molar-refractivity contribution in [3.63, 3.8) is 0 Å². The molecule has 0 amide bonds. The third kappa shape index (κ3) is 3.46. The van der Waals surface area contributed by atoms with Gasteiger partial charge >= 0.3 is 0 Å². The van der Waals surface area contributed by atoms with Gasteiger partial charge in [-0.1, -0.05) is 6.92 Å². The molecule has 88 valence electrons. The van der Waals surface area contributed by atoms with E-state index in [1.54, 1.807) is 17.8 Å². The van der Waals surface area contributed by atoms with Gasteiger partial charge in [0, 0.05) is 22.7 Å². The molecule has 2 rings (SSSR count). The van der Waals surface area contributed by atoms with E-state index in [4.69, 9.17) is 0 Å². The number of nitrogens with one attached hydrogen (secondary N) is 1. The fourth-order valence-corrected chi connectivity index (χ4v) is 2.41. The van der Waals surface area contributed by atoms with E-state index in [1.165, 1.54) is 25.0 Å². The number of halogens is 2. The first kappa shape index (κ1) is 11.9. The van der Waals surface area contributed by atoms with Crippen molar-refractivity contribution >= 4 is 11.8 Å². The van der Waals surface area contributed by atoms with Gasteiger partial charge in [-0.15, -0.1) is 11.8 Å². The summed E-state index contributed by atoms with van der Waals surface area (Å²) in [7, 11) is 0. The van der Waals surface area contributed by atoms with Crippen LogP contribution in [0.3, 0.4) is 0 Å². The fourth-order valence-electron chi connectivity index (χ4n) is 1.44. The van der Waals surface area contributed by atoms with Gasteiger partial charge in [0.15, 0.2) is 11.6 Å². The van der Waals surface area contributed by atoms with Crippen LogP contribution in [0.5, 0.6) is 0 Å². The Labute approximate surface area is 98.6 Å². The first-order chi connectivity index (χ1) is 7.65. The van der Waals surface area contributed by atoms with Crippen molar-refractivity contribution in [2.45, 2.75) is 36.0 Å². The van der Waals surface area contributed by atoms with Crippen LogP contribution in [0.2, 0.25) is 0 Å². The van der Waals surface area contributed by atoms with Crippen LogP contribution in [-0.2, 0) is 0 Å². The average molecular weight is 243 g/mol. The minimum atomic E-state index is -0.784. The van der Waals surface area contributed by atoms with Crippen molar-refractivity contribution in [2.75, 3.05) is 6.54 Å². The summed E-state index contributed by atoms with van der Waals surface area (Å²) >= 11 is 1.57. The second-order valence-corrected chi connectivity index (χ2v) is 5.70. The molecule has 0 radical (unpaired) electrons. The Bertz CT molecular complexity index is 366. The maximum Gasteiger partial charge on any atom is 0.159 e. The Morgan fingerprint density at radius 1 is 1.38 bits per heavy atom. The highest BCUT2D eigenvalue weighted by atomic mass is 32.2. The summed E-state index contributed by atoms with van der Waals surface area (Å²) in [5.41, 5.74) is 0. The summed E-state index contributed by atoms with van der Waals surface area (Å²) in [6.45, 7) is 3.00. The molecule has 0 aliphatic heterocycles. The monoisotopic (exact) mass is 243 g/mol. The smallest absolute Gasteiger partial charge is 0.159 e. The van der Waals surface area contributed by atoms with Gasteiger partial charge < -0.3 is 5.32 Å². The van der Waals surface area contributed by atoms with Gasteiger partial charge in [-0.2, -0.15) is 0 Å². The zero-order valence-corrected chi connectivity index (χ0v) is 9.99. The van der Waals surface area contributed by atoms with Gasteiger partial charge in [-0.3, -0.25) is 0 Å². The van der Waals surface area contributed by atoms with Crippen molar-refractivity contribution in [3.8, 4) is 0 Å². The molecule has 1 nitrogen and oxygen atoms in total. The third-order valence-electron chi connectivity index (χ3n) is 2.50. The van der Waals surface area contributed by atoms with Crippen molar-refractivity contribution < 1.29 is 8.78 Å². The molecule has 0 aromatic heterocycles. The minimum absolute atomic E-state index is 0.366. The molecule has 1 aliphatic carbocycles. The Morgan fingerprint density at radius 2 is 2.12 bits per heavy atom. The van der Waals surface area contributed by atoms with Gasteiger partial charge in [0.1, 0.15) is 0 Å². The molecule has 1 aromatic rings. The summed E-state index contributed by atoms with van der Waals surface area (Å²) in [5, 5.41) is 3.78. The van der Waals surface area contributed by atoms with Crippen LogP contribution in [0, 0.1) is 11.6 Å². The quantitative estimate of drug-likeness (QED) is 0.797. The van der Waals surface area contributed by atoms with E-state index in [9.17, 15) is 8.78 Å². The van der Waals surface area contributed by atoms with E-state index < -0.39 is 11.6 Å². The topological polar surface area (TPSA) is 12.0 Å². The number of hydrogen-bond donors (Lipinski definition) is 1. The van der Waals surface area contributed by atoms with Crippen molar-refractivity contribution in [1.82, 2.24) is 5.32 Å². The van der Waals surface area contributed by atoms with Crippen molar-refractivity contribution in [2.24, 2.45) is 0 Å². The standard InChI is InChI=1S/C12H15F2NS/c1-8(7-15-9-2-3-9)16-10-4-5-11(13)12(14)6-10/h4-6,8-9,15H,2-3,7H2,1H3. The van der Waals surface area contributed by atoms with Crippen molar-refractivity contribution in [1.29, 1.82) is 0 Å². The van der Waals surface area contributed by atoms with Crippen molar-refractivity contribution in [3.05, 3.63) is 29.8 Å². The van der Waals surface area contributed by atoms with Crippen LogP contribution in [0.25, 0.3) is 0 Å². The minimum Gasteiger partial charge on any atom is -0.313 e. The normalized spacial score (nSPS) is 17.4. The number of rotatable bonds is 5. The molecule has 1 atom stereocenters. The van der Waals surface area contributed by atoms with Gasteiger partial charge in [0.25, 0.3) is 0 Å². The van der Waals surface area contributed by atoms with Gasteiger partial charge in [-0.05, 0) is 31.0 Å². The zero-order chi connectivity index (χ0) is 11.5. The van der Waals surface area contributed by atoms with Crippen LogP contribution < -0.4 is 5.32 Å². The summed E-state index contributed by atoms with van der Waals surface area (Å²) in [6.07, 6.45) is 2.53. The largest absolute Gasteiger partial charge is 0.313 e. The number of thioether (sulfide) groups is 1. The molecule has 0 heterocycles. The number of hydrogen-bond acceptors (Lipinski definition) is 2. The summed E-state index contributed by atoms with van der Waals surface area (Å²) < 4.78 is 25.7. The highest BCUT2D eigenvalue weighted by Gasteiger charge is 2.21. The first-order valence-electron chi connectivity index (χ1n) is 5.50. The second kappa shape index (κ2) is 5.15. The predicted octanol–water partition coefficient (Wildman–Crippen LogP) is 3.20. The molecule has 0 spiro atoms. The number of benzene rings is 1. The van der Waals surface area contributed by atoms with E-state index in [-0.39, 0.29) is 0 Å². The van der Waals surface area contributed by atoms with E-state index >= 15 is 0 Å². The Hall–Kier alpha value is -0.610. The molecular weight excluding hydrogens is 228 g/mol. The Morgan fingerprint density at radius 3 is 2.75 bits per heavy atom. The maximum absolute atomic E-state index is 12.9.